The van der Waals surface area contributed by atoms with Gasteiger partial charge in [-0.05, 0) is 6.07 Å². The quantitative estimate of drug-likeness (QED) is 0.712. The van der Waals surface area contributed by atoms with Crippen molar-refractivity contribution in [3.05, 3.63) is 36.7 Å². The third-order valence-corrected chi connectivity index (χ3v) is 1.68. The zero-order valence-electron chi connectivity index (χ0n) is 6.96. The minimum absolute atomic E-state index is 0.479. The standard InChI is InChI=1S/C8H9N5/c9-8-12-4-5-13(8)6-7-10-2-1-3-11-7/h1-5H,6H2,(H2,9,12). The lowest BCUT2D eigenvalue weighted by Crippen LogP contribution is -2.06. The van der Waals surface area contributed by atoms with Gasteiger partial charge < -0.3 is 10.3 Å². The minimum atomic E-state index is 0.479. The highest BCUT2D eigenvalue weighted by Crippen LogP contribution is 2.00. The van der Waals surface area contributed by atoms with E-state index >= 15 is 0 Å². The van der Waals surface area contributed by atoms with Gasteiger partial charge in [-0.2, -0.15) is 0 Å². The van der Waals surface area contributed by atoms with E-state index in [4.69, 9.17) is 5.73 Å². The first-order valence-electron chi connectivity index (χ1n) is 3.89. The third-order valence-electron chi connectivity index (χ3n) is 1.68. The highest BCUT2D eigenvalue weighted by Gasteiger charge is 1.99. The summed E-state index contributed by atoms with van der Waals surface area (Å²) >= 11 is 0. The predicted molar refractivity (Wildman–Crippen MR) is 47.8 cm³/mol. The summed E-state index contributed by atoms with van der Waals surface area (Å²) < 4.78 is 1.79. The first-order valence-corrected chi connectivity index (χ1v) is 3.89. The van der Waals surface area contributed by atoms with Gasteiger partial charge in [-0.3, -0.25) is 0 Å². The molecule has 2 rings (SSSR count). The second-order valence-corrected chi connectivity index (χ2v) is 2.58. The van der Waals surface area contributed by atoms with Crippen LogP contribution in [0.1, 0.15) is 5.82 Å². The summed E-state index contributed by atoms with van der Waals surface area (Å²) in [4.78, 5) is 12.1. The monoisotopic (exact) mass is 175 g/mol. The van der Waals surface area contributed by atoms with E-state index in [0.29, 0.717) is 12.5 Å². The maximum atomic E-state index is 5.58. The Morgan fingerprint density at radius 2 is 1.92 bits per heavy atom. The summed E-state index contributed by atoms with van der Waals surface area (Å²) in [7, 11) is 0. The number of imidazole rings is 1. The molecule has 0 spiro atoms. The van der Waals surface area contributed by atoms with Crippen LogP contribution in [0.2, 0.25) is 0 Å². The summed E-state index contributed by atoms with van der Waals surface area (Å²) in [5.41, 5.74) is 5.58. The maximum absolute atomic E-state index is 5.58. The van der Waals surface area contributed by atoms with E-state index in [2.05, 4.69) is 15.0 Å². The summed E-state index contributed by atoms with van der Waals surface area (Å²) in [6.45, 7) is 0.562. The molecule has 0 fully saturated rings. The Labute approximate surface area is 75.3 Å². The largest absolute Gasteiger partial charge is 0.369 e. The van der Waals surface area contributed by atoms with E-state index in [1.165, 1.54) is 0 Å². The summed E-state index contributed by atoms with van der Waals surface area (Å²) in [6.07, 6.45) is 6.86. The highest BCUT2D eigenvalue weighted by atomic mass is 15.1. The molecule has 0 atom stereocenters. The third kappa shape index (κ3) is 1.64. The number of aromatic nitrogens is 4. The van der Waals surface area contributed by atoms with Crippen molar-refractivity contribution >= 4 is 5.95 Å². The van der Waals surface area contributed by atoms with E-state index in [-0.39, 0.29) is 0 Å². The van der Waals surface area contributed by atoms with Gasteiger partial charge in [-0.15, -0.1) is 0 Å². The van der Waals surface area contributed by atoms with Crippen molar-refractivity contribution in [1.82, 2.24) is 19.5 Å². The van der Waals surface area contributed by atoms with E-state index in [1.54, 1.807) is 35.4 Å². The molecule has 0 bridgehead atoms. The van der Waals surface area contributed by atoms with Crippen LogP contribution in [0.4, 0.5) is 5.95 Å². The molecule has 0 aromatic carbocycles. The van der Waals surface area contributed by atoms with Crippen molar-refractivity contribution in [1.29, 1.82) is 0 Å². The van der Waals surface area contributed by atoms with Crippen LogP contribution >= 0.6 is 0 Å². The average molecular weight is 175 g/mol. The Hall–Kier alpha value is -1.91. The summed E-state index contributed by atoms with van der Waals surface area (Å²) in [5.74, 6) is 1.21. The second-order valence-electron chi connectivity index (χ2n) is 2.58. The van der Waals surface area contributed by atoms with Gasteiger partial charge in [-0.25, -0.2) is 15.0 Å². The number of hydrogen-bond acceptors (Lipinski definition) is 4. The number of anilines is 1. The van der Waals surface area contributed by atoms with E-state index in [1.807, 2.05) is 0 Å². The average Bonchev–Trinajstić information content (AvgIpc) is 2.54. The molecule has 2 aromatic rings. The predicted octanol–water partition coefficient (Wildman–Crippen LogP) is 0.304. The smallest absolute Gasteiger partial charge is 0.200 e. The normalized spacial score (nSPS) is 10.2. The van der Waals surface area contributed by atoms with E-state index in [0.717, 1.165) is 5.82 Å². The molecule has 0 unspecified atom stereocenters. The van der Waals surface area contributed by atoms with Crippen LogP contribution in [-0.2, 0) is 6.54 Å². The SMILES string of the molecule is Nc1nccn1Cc1ncccn1. The van der Waals surface area contributed by atoms with Crippen molar-refractivity contribution < 1.29 is 0 Å². The molecule has 0 aliphatic carbocycles. The maximum Gasteiger partial charge on any atom is 0.200 e. The van der Waals surface area contributed by atoms with Gasteiger partial charge in [0.1, 0.15) is 5.82 Å². The van der Waals surface area contributed by atoms with E-state index < -0.39 is 0 Å². The fourth-order valence-electron chi connectivity index (χ4n) is 1.04. The lowest BCUT2D eigenvalue weighted by molar-refractivity contribution is 0.753. The molecular weight excluding hydrogens is 166 g/mol. The molecule has 0 aliphatic rings. The van der Waals surface area contributed by atoms with Crippen molar-refractivity contribution in [3.63, 3.8) is 0 Å². The van der Waals surface area contributed by atoms with E-state index in [9.17, 15) is 0 Å². The fraction of sp³-hybridized carbons (Fsp3) is 0.125. The van der Waals surface area contributed by atoms with Crippen LogP contribution in [0.5, 0.6) is 0 Å². The van der Waals surface area contributed by atoms with Gasteiger partial charge in [0.05, 0.1) is 6.54 Å². The van der Waals surface area contributed by atoms with Crippen LogP contribution in [0.3, 0.4) is 0 Å². The van der Waals surface area contributed by atoms with Crippen molar-refractivity contribution in [3.8, 4) is 0 Å². The zero-order valence-corrected chi connectivity index (χ0v) is 6.96. The number of nitrogen functional groups attached to an aromatic ring is 1. The fourth-order valence-corrected chi connectivity index (χ4v) is 1.04. The van der Waals surface area contributed by atoms with Crippen LogP contribution < -0.4 is 5.73 Å². The Bertz CT molecular complexity index is 380. The van der Waals surface area contributed by atoms with Crippen molar-refractivity contribution in [2.24, 2.45) is 0 Å². The highest BCUT2D eigenvalue weighted by molar-refractivity contribution is 5.17. The van der Waals surface area contributed by atoms with Gasteiger partial charge in [0.15, 0.2) is 0 Å². The van der Waals surface area contributed by atoms with Crippen molar-refractivity contribution in [2.45, 2.75) is 6.54 Å². The van der Waals surface area contributed by atoms with Gasteiger partial charge >= 0.3 is 0 Å². The molecule has 2 heterocycles. The second kappa shape index (κ2) is 3.22. The zero-order chi connectivity index (χ0) is 9.10. The van der Waals surface area contributed by atoms with Gasteiger partial charge in [0, 0.05) is 24.8 Å². The van der Waals surface area contributed by atoms with Gasteiger partial charge in [0.25, 0.3) is 0 Å². The number of nitrogens with zero attached hydrogens (tertiary/aromatic N) is 4. The lowest BCUT2D eigenvalue weighted by atomic mass is 10.5. The van der Waals surface area contributed by atoms with Crippen LogP contribution in [0, 0.1) is 0 Å². The molecule has 0 radical (unpaired) electrons. The molecule has 5 nitrogen and oxygen atoms in total. The van der Waals surface area contributed by atoms with Crippen LogP contribution in [0.15, 0.2) is 30.9 Å². The molecule has 66 valence electrons. The van der Waals surface area contributed by atoms with Crippen LogP contribution in [0.25, 0.3) is 0 Å². The Balaban J connectivity index is 2.20. The molecule has 5 heteroatoms. The first-order chi connectivity index (χ1) is 6.36. The molecule has 2 N–H and O–H groups in total. The number of hydrogen-bond donors (Lipinski definition) is 1. The van der Waals surface area contributed by atoms with Gasteiger partial charge in [-0.1, -0.05) is 0 Å². The molecule has 2 aromatic heterocycles. The molecule has 0 saturated carbocycles. The Morgan fingerprint density at radius 3 is 2.54 bits per heavy atom. The minimum Gasteiger partial charge on any atom is -0.369 e. The molecule has 0 aliphatic heterocycles. The molecule has 0 saturated heterocycles. The molecular formula is C8H9N5. The number of rotatable bonds is 2. The first kappa shape index (κ1) is 7.72. The number of nitrogens with two attached hydrogens (primary N) is 1. The Kier molecular flexibility index (Phi) is 1.91. The molecule has 0 amide bonds. The van der Waals surface area contributed by atoms with Crippen LogP contribution in [-0.4, -0.2) is 19.5 Å². The topological polar surface area (TPSA) is 69.6 Å². The summed E-state index contributed by atoms with van der Waals surface area (Å²) in [6, 6.07) is 1.78. The Morgan fingerprint density at radius 1 is 1.15 bits per heavy atom. The van der Waals surface area contributed by atoms with Gasteiger partial charge in [0.2, 0.25) is 5.95 Å². The van der Waals surface area contributed by atoms with Crippen molar-refractivity contribution in [2.75, 3.05) is 5.73 Å². The molecule has 13 heavy (non-hydrogen) atoms. The summed E-state index contributed by atoms with van der Waals surface area (Å²) in [5, 5.41) is 0. The lowest BCUT2D eigenvalue weighted by Gasteiger charge is -2.01.